The molecule has 0 bridgehead atoms. The van der Waals surface area contributed by atoms with Crippen molar-refractivity contribution < 1.29 is 17.9 Å². The van der Waals surface area contributed by atoms with Crippen molar-refractivity contribution in [3.05, 3.63) is 41.2 Å². The molecular weight excluding hydrogens is 295 g/mol. The van der Waals surface area contributed by atoms with Gasteiger partial charge < -0.3 is 9.30 Å². The third-order valence-corrected chi connectivity index (χ3v) is 3.47. The number of rotatable bonds is 4. The van der Waals surface area contributed by atoms with E-state index in [4.69, 9.17) is 4.74 Å². The second-order valence-electron chi connectivity index (χ2n) is 4.91. The first-order chi connectivity index (χ1) is 10.5. The molecule has 1 aromatic carbocycles. The molecule has 1 aromatic heterocycles. The van der Waals surface area contributed by atoms with Crippen LogP contribution >= 0.6 is 0 Å². The minimum Gasteiger partial charge on any atom is -0.361 e. The Bertz CT molecular complexity index is 719. The first-order valence-corrected chi connectivity index (χ1v) is 6.84. The molecule has 0 amide bonds. The Labute approximate surface area is 125 Å². The van der Waals surface area contributed by atoms with E-state index >= 15 is 0 Å². The van der Waals surface area contributed by atoms with Gasteiger partial charge in [0.2, 0.25) is 0 Å². The summed E-state index contributed by atoms with van der Waals surface area (Å²) in [6, 6.07) is 2.28. The van der Waals surface area contributed by atoms with Crippen molar-refractivity contribution in [3.63, 3.8) is 0 Å². The Morgan fingerprint density at radius 2 is 2.14 bits per heavy atom. The average molecular weight is 309 g/mol. The molecule has 7 heteroatoms. The van der Waals surface area contributed by atoms with E-state index in [0.29, 0.717) is 29.1 Å². The summed E-state index contributed by atoms with van der Waals surface area (Å²) in [5, 5.41) is 0. The van der Waals surface area contributed by atoms with E-state index in [0.717, 1.165) is 12.1 Å². The molecule has 3 rings (SSSR count). The Hall–Kier alpha value is -2.15. The van der Waals surface area contributed by atoms with Crippen molar-refractivity contribution >= 4 is 6.21 Å². The van der Waals surface area contributed by atoms with Gasteiger partial charge in [0.15, 0.2) is 0 Å². The lowest BCUT2D eigenvalue weighted by Gasteiger charge is -2.14. The summed E-state index contributed by atoms with van der Waals surface area (Å²) in [6.07, 6.45) is 0.436. The molecule has 0 saturated carbocycles. The van der Waals surface area contributed by atoms with E-state index in [2.05, 4.69) is 9.98 Å². The van der Waals surface area contributed by atoms with Crippen LogP contribution in [0.3, 0.4) is 0 Å². The molecular formula is C15H14F3N3O. The van der Waals surface area contributed by atoms with E-state index < -0.39 is 11.7 Å². The number of fused-ring (bicyclic) bond motifs is 1. The van der Waals surface area contributed by atoms with E-state index in [1.165, 1.54) is 0 Å². The minimum absolute atomic E-state index is 0.244. The SMILES string of the molecule is CCOCn1ccnc1-c1cc(C(F)(F)F)cc2c1C=NC2. The first-order valence-electron chi connectivity index (χ1n) is 6.84. The van der Waals surface area contributed by atoms with Gasteiger partial charge in [-0.25, -0.2) is 4.98 Å². The number of alkyl halides is 3. The topological polar surface area (TPSA) is 39.4 Å². The van der Waals surface area contributed by atoms with Crippen LogP contribution in [0.15, 0.2) is 29.5 Å². The second-order valence-corrected chi connectivity index (χ2v) is 4.91. The summed E-state index contributed by atoms with van der Waals surface area (Å²) in [5.41, 5.74) is 1.00. The van der Waals surface area contributed by atoms with Gasteiger partial charge in [-0.15, -0.1) is 0 Å². The van der Waals surface area contributed by atoms with Gasteiger partial charge in [0.05, 0.1) is 12.1 Å². The Balaban J connectivity index is 2.12. The van der Waals surface area contributed by atoms with E-state index in [9.17, 15) is 13.2 Å². The predicted molar refractivity (Wildman–Crippen MR) is 75.6 cm³/mol. The zero-order valence-corrected chi connectivity index (χ0v) is 11.9. The van der Waals surface area contributed by atoms with Gasteiger partial charge in [0.25, 0.3) is 0 Å². The van der Waals surface area contributed by atoms with Crippen molar-refractivity contribution in [2.45, 2.75) is 26.4 Å². The van der Waals surface area contributed by atoms with Crippen molar-refractivity contribution in [3.8, 4) is 11.4 Å². The molecule has 0 spiro atoms. The zero-order valence-electron chi connectivity index (χ0n) is 11.9. The van der Waals surface area contributed by atoms with Gasteiger partial charge in [-0.2, -0.15) is 13.2 Å². The number of imidazole rings is 1. The number of aliphatic imine (C=N–C) groups is 1. The Morgan fingerprint density at radius 3 is 2.86 bits per heavy atom. The quantitative estimate of drug-likeness (QED) is 0.867. The highest BCUT2D eigenvalue weighted by Crippen LogP contribution is 2.36. The normalized spacial score (nSPS) is 13.6. The smallest absolute Gasteiger partial charge is 0.361 e. The highest BCUT2D eigenvalue weighted by atomic mass is 19.4. The van der Waals surface area contributed by atoms with Crippen LogP contribution in [-0.2, 0) is 24.2 Å². The highest BCUT2D eigenvalue weighted by molar-refractivity contribution is 5.93. The number of benzene rings is 1. The number of ether oxygens (including phenoxy) is 1. The van der Waals surface area contributed by atoms with E-state index in [1.54, 1.807) is 23.2 Å². The third-order valence-electron chi connectivity index (χ3n) is 3.47. The van der Waals surface area contributed by atoms with Gasteiger partial charge in [0.1, 0.15) is 12.6 Å². The molecule has 22 heavy (non-hydrogen) atoms. The fourth-order valence-electron chi connectivity index (χ4n) is 2.43. The van der Waals surface area contributed by atoms with Crippen LogP contribution in [0.4, 0.5) is 13.2 Å². The van der Waals surface area contributed by atoms with Crippen LogP contribution in [0.1, 0.15) is 23.6 Å². The fraction of sp³-hybridized carbons (Fsp3) is 0.333. The molecule has 2 heterocycles. The molecule has 4 nitrogen and oxygen atoms in total. The second kappa shape index (κ2) is 5.57. The predicted octanol–water partition coefficient (Wildman–Crippen LogP) is 3.50. The molecule has 0 N–H and O–H groups in total. The summed E-state index contributed by atoms with van der Waals surface area (Å²) in [6.45, 7) is 2.87. The van der Waals surface area contributed by atoms with Gasteiger partial charge in [-0.1, -0.05) is 0 Å². The molecule has 0 fully saturated rings. The summed E-state index contributed by atoms with van der Waals surface area (Å²) in [7, 11) is 0. The lowest BCUT2D eigenvalue weighted by molar-refractivity contribution is -0.137. The molecule has 116 valence electrons. The lowest BCUT2D eigenvalue weighted by atomic mass is 9.98. The van der Waals surface area contributed by atoms with Crippen LogP contribution in [0, 0.1) is 0 Å². The Morgan fingerprint density at radius 1 is 1.32 bits per heavy atom. The molecule has 2 aromatic rings. The number of aromatic nitrogens is 2. The van der Waals surface area contributed by atoms with Crippen LogP contribution in [0.2, 0.25) is 0 Å². The zero-order chi connectivity index (χ0) is 15.7. The fourth-order valence-corrected chi connectivity index (χ4v) is 2.43. The third kappa shape index (κ3) is 2.64. The standard InChI is InChI=1S/C15H14F3N3O/c1-2-22-9-21-4-3-20-14(21)12-6-11(15(16,17)18)5-10-7-19-8-13(10)12/h3-6,8H,2,7,9H2,1H3. The average Bonchev–Trinajstić information content (AvgIpc) is 3.11. The molecule has 0 unspecified atom stereocenters. The van der Waals surface area contributed by atoms with E-state index in [-0.39, 0.29) is 13.3 Å². The van der Waals surface area contributed by atoms with Crippen LogP contribution in [-0.4, -0.2) is 22.4 Å². The number of hydrogen-bond donors (Lipinski definition) is 0. The largest absolute Gasteiger partial charge is 0.416 e. The summed E-state index contributed by atoms with van der Waals surface area (Å²) >= 11 is 0. The van der Waals surface area contributed by atoms with Crippen molar-refractivity contribution in [1.29, 1.82) is 0 Å². The number of halogens is 3. The first kappa shape index (κ1) is 14.8. The lowest BCUT2D eigenvalue weighted by Crippen LogP contribution is -2.09. The minimum atomic E-state index is -4.40. The van der Waals surface area contributed by atoms with E-state index in [1.807, 2.05) is 6.92 Å². The van der Waals surface area contributed by atoms with Gasteiger partial charge in [-0.05, 0) is 24.6 Å². The van der Waals surface area contributed by atoms with Gasteiger partial charge in [-0.3, -0.25) is 4.99 Å². The van der Waals surface area contributed by atoms with Crippen molar-refractivity contribution in [2.75, 3.05) is 6.61 Å². The van der Waals surface area contributed by atoms with Crippen molar-refractivity contribution in [1.82, 2.24) is 9.55 Å². The highest BCUT2D eigenvalue weighted by Gasteiger charge is 2.33. The molecule has 0 saturated heterocycles. The molecule has 1 aliphatic rings. The molecule has 0 radical (unpaired) electrons. The van der Waals surface area contributed by atoms with Crippen LogP contribution in [0.5, 0.6) is 0 Å². The molecule has 1 aliphatic heterocycles. The molecule has 0 aliphatic carbocycles. The maximum Gasteiger partial charge on any atom is 0.416 e. The monoisotopic (exact) mass is 309 g/mol. The number of hydrogen-bond acceptors (Lipinski definition) is 3. The van der Waals surface area contributed by atoms with Gasteiger partial charge in [0, 0.05) is 36.3 Å². The van der Waals surface area contributed by atoms with Gasteiger partial charge >= 0.3 is 6.18 Å². The molecule has 0 atom stereocenters. The van der Waals surface area contributed by atoms with Crippen LogP contribution in [0.25, 0.3) is 11.4 Å². The van der Waals surface area contributed by atoms with Crippen LogP contribution < -0.4 is 0 Å². The maximum absolute atomic E-state index is 13.1. The summed E-state index contributed by atoms with van der Waals surface area (Å²) in [5.74, 6) is 0.448. The summed E-state index contributed by atoms with van der Waals surface area (Å²) < 4.78 is 46.3. The van der Waals surface area contributed by atoms with Crippen molar-refractivity contribution in [2.24, 2.45) is 4.99 Å². The number of nitrogens with zero attached hydrogens (tertiary/aromatic N) is 3. The Kier molecular flexibility index (Phi) is 3.74. The summed E-state index contributed by atoms with van der Waals surface area (Å²) in [4.78, 5) is 8.27. The maximum atomic E-state index is 13.1.